The van der Waals surface area contributed by atoms with Crippen molar-refractivity contribution in [1.82, 2.24) is 4.98 Å². The van der Waals surface area contributed by atoms with Crippen molar-refractivity contribution in [2.24, 2.45) is 5.92 Å². The van der Waals surface area contributed by atoms with Gasteiger partial charge in [0, 0.05) is 12.0 Å². The fourth-order valence-electron chi connectivity index (χ4n) is 4.59. The zero-order valence-corrected chi connectivity index (χ0v) is 18.1. The number of ether oxygens (including phenoxy) is 1. The molecule has 0 saturated carbocycles. The van der Waals surface area contributed by atoms with E-state index < -0.39 is 5.97 Å². The van der Waals surface area contributed by atoms with Crippen LogP contribution in [-0.4, -0.2) is 22.7 Å². The van der Waals surface area contributed by atoms with Crippen LogP contribution in [0.4, 0.5) is 0 Å². The molecule has 162 valence electrons. The Hall–Kier alpha value is -3.08. The normalized spacial score (nSPS) is 16.5. The molecule has 1 aliphatic rings. The van der Waals surface area contributed by atoms with Gasteiger partial charge >= 0.3 is 5.97 Å². The van der Waals surface area contributed by atoms with Crippen LogP contribution in [0.3, 0.4) is 0 Å². The molecule has 5 heteroatoms. The Balaban J connectivity index is 1.41. The Morgan fingerprint density at radius 2 is 2.06 bits per heavy atom. The van der Waals surface area contributed by atoms with E-state index in [-0.39, 0.29) is 11.8 Å². The first-order valence-corrected chi connectivity index (χ1v) is 11.1. The average molecular weight is 420 g/mol. The molecule has 0 spiro atoms. The first kappa shape index (κ1) is 21.2. The number of carboxylic acids is 1. The van der Waals surface area contributed by atoms with E-state index in [1.54, 1.807) is 0 Å². The predicted molar refractivity (Wildman–Crippen MR) is 119 cm³/mol. The minimum absolute atomic E-state index is 0.0913. The summed E-state index contributed by atoms with van der Waals surface area (Å²) in [4.78, 5) is 16.2. The number of aryl methyl sites for hydroxylation is 2. The van der Waals surface area contributed by atoms with Crippen LogP contribution in [0.1, 0.15) is 54.7 Å². The molecule has 2 atom stereocenters. The van der Waals surface area contributed by atoms with Crippen molar-refractivity contribution in [3.8, 4) is 17.2 Å². The Morgan fingerprint density at radius 1 is 1.26 bits per heavy atom. The number of oxazole rings is 1. The van der Waals surface area contributed by atoms with E-state index in [9.17, 15) is 9.90 Å². The summed E-state index contributed by atoms with van der Waals surface area (Å²) in [5.41, 5.74) is 4.24. The van der Waals surface area contributed by atoms with Gasteiger partial charge in [-0.05, 0) is 73.9 Å². The number of hydrogen-bond acceptors (Lipinski definition) is 4. The molecule has 0 bridgehead atoms. The van der Waals surface area contributed by atoms with Crippen LogP contribution in [0.5, 0.6) is 5.75 Å². The summed E-state index contributed by atoms with van der Waals surface area (Å²) in [6.45, 7) is 4.41. The number of benzene rings is 2. The second-order valence-electron chi connectivity index (χ2n) is 8.20. The van der Waals surface area contributed by atoms with Crippen molar-refractivity contribution in [3.05, 3.63) is 71.1 Å². The van der Waals surface area contributed by atoms with Crippen LogP contribution < -0.4 is 4.74 Å². The largest absolute Gasteiger partial charge is 0.493 e. The van der Waals surface area contributed by atoms with Crippen LogP contribution in [0.2, 0.25) is 0 Å². The third kappa shape index (κ3) is 4.66. The average Bonchev–Trinajstić information content (AvgIpc) is 3.15. The van der Waals surface area contributed by atoms with E-state index in [1.807, 2.05) is 50.2 Å². The molecule has 0 aliphatic heterocycles. The fraction of sp³-hybridized carbons (Fsp3) is 0.385. The van der Waals surface area contributed by atoms with Crippen molar-refractivity contribution in [2.45, 2.75) is 51.9 Å². The standard InChI is InChI=1S/C26H29NO4/c1-3-21(26(28)29)23-11-7-10-19-16-20(12-13-22(19)23)30-15-14-24-17(2)27-25(31-24)18-8-5-4-6-9-18/h4-6,8-9,12-13,16,21,23H,3,7,10-11,14-15H2,1-2H3,(H,28,29). The molecule has 1 N–H and O–H groups in total. The number of aliphatic carboxylic acids is 1. The lowest BCUT2D eigenvalue weighted by Gasteiger charge is -2.30. The first-order valence-electron chi connectivity index (χ1n) is 11.1. The number of carboxylic acid groups (broad SMARTS) is 1. The Morgan fingerprint density at radius 3 is 2.81 bits per heavy atom. The Kier molecular flexibility index (Phi) is 6.40. The number of nitrogens with zero attached hydrogens (tertiary/aromatic N) is 1. The highest BCUT2D eigenvalue weighted by Crippen LogP contribution is 2.39. The minimum Gasteiger partial charge on any atom is -0.493 e. The van der Waals surface area contributed by atoms with Crippen LogP contribution in [0, 0.1) is 12.8 Å². The molecule has 0 fully saturated rings. The van der Waals surface area contributed by atoms with Crippen molar-refractivity contribution in [1.29, 1.82) is 0 Å². The molecule has 3 aromatic rings. The van der Waals surface area contributed by atoms with Gasteiger partial charge in [0.25, 0.3) is 0 Å². The van der Waals surface area contributed by atoms with Gasteiger partial charge in [-0.2, -0.15) is 0 Å². The maximum absolute atomic E-state index is 11.7. The lowest BCUT2D eigenvalue weighted by atomic mass is 9.75. The summed E-state index contributed by atoms with van der Waals surface area (Å²) in [5, 5.41) is 9.59. The maximum atomic E-state index is 11.7. The van der Waals surface area contributed by atoms with Crippen LogP contribution in [0.15, 0.2) is 52.9 Å². The van der Waals surface area contributed by atoms with Gasteiger partial charge in [-0.15, -0.1) is 0 Å². The van der Waals surface area contributed by atoms with Crippen LogP contribution in [-0.2, 0) is 17.6 Å². The van der Waals surface area contributed by atoms with Crippen molar-refractivity contribution in [3.63, 3.8) is 0 Å². The van der Waals surface area contributed by atoms with Crippen molar-refractivity contribution < 1.29 is 19.1 Å². The Labute approximate surface area is 183 Å². The molecule has 5 nitrogen and oxygen atoms in total. The molecule has 0 amide bonds. The van der Waals surface area contributed by atoms with E-state index in [4.69, 9.17) is 9.15 Å². The van der Waals surface area contributed by atoms with E-state index in [2.05, 4.69) is 17.1 Å². The summed E-state index contributed by atoms with van der Waals surface area (Å²) in [5.74, 6) is 1.37. The van der Waals surface area contributed by atoms with Gasteiger partial charge in [-0.25, -0.2) is 4.98 Å². The third-order valence-electron chi connectivity index (χ3n) is 6.23. The number of rotatable bonds is 8. The third-order valence-corrected chi connectivity index (χ3v) is 6.23. The van der Waals surface area contributed by atoms with E-state index in [0.717, 1.165) is 42.0 Å². The molecule has 4 rings (SSSR count). The predicted octanol–water partition coefficient (Wildman–Crippen LogP) is 5.80. The molecular weight excluding hydrogens is 390 g/mol. The number of carbonyl (C=O) groups is 1. The monoisotopic (exact) mass is 419 g/mol. The summed E-state index contributed by atoms with van der Waals surface area (Å²) >= 11 is 0. The first-order chi connectivity index (χ1) is 15.1. The second kappa shape index (κ2) is 9.38. The van der Waals surface area contributed by atoms with Gasteiger partial charge in [-0.3, -0.25) is 4.79 Å². The molecule has 31 heavy (non-hydrogen) atoms. The number of hydrogen-bond donors (Lipinski definition) is 1. The van der Waals surface area contributed by atoms with Crippen molar-refractivity contribution in [2.75, 3.05) is 6.61 Å². The smallest absolute Gasteiger partial charge is 0.307 e. The van der Waals surface area contributed by atoms with Crippen molar-refractivity contribution >= 4 is 5.97 Å². The summed E-state index contributed by atoms with van der Waals surface area (Å²) < 4.78 is 12.0. The fourth-order valence-corrected chi connectivity index (χ4v) is 4.59. The van der Waals surface area contributed by atoms with Gasteiger partial charge in [0.05, 0.1) is 18.2 Å². The molecule has 0 radical (unpaired) electrons. The number of aromatic nitrogens is 1. The van der Waals surface area contributed by atoms with Crippen LogP contribution in [0.25, 0.3) is 11.5 Å². The van der Waals surface area contributed by atoms with E-state index in [0.29, 0.717) is 25.3 Å². The van der Waals surface area contributed by atoms with Gasteiger partial charge in [-0.1, -0.05) is 31.2 Å². The topological polar surface area (TPSA) is 72.6 Å². The zero-order chi connectivity index (χ0) is 21.8. The quantitative estimate of drug-likeness (QED) is 0.499. The maximum Gasteiger partial charge on any atom is 0.307 e. The van der Waals surface area contributed by atoms with Gasteiger partial charge in [0.1, 0.15) is 11.5 Å². The van der Waals surface area contributed by atoms with Gasteiger partial charge in [0.15, 0.2) is 0 Å². The summed E-state index contributed by atoms with van der Waals surface area (Å²) in [6, 6.07) is 16.0. The second-order valence-corrected chi connectivity index (χ2v) is 8.20. The highest BCUT2D eigenvalue weighted by molar-refractivity contribution is 5.71. The zero-order valence-electron chi connectivity index (χ0n) is 18.1. The molecule has 0 saturated heterocycles. The molecule has 1 heterocycles. The lowest BCUT2D eigenvalue weighted by Crippen LogP contribution is -2.24. The number of fused-ring (bicyclic) bond motifs is 1. The van der Waals surface area contributed by atoms with E-state index in [1.165, 1.54) is 11.1 Å². The van der Waals surface area contributed by atoms with Gasteiger partial charge in [0.2, 0.25) is 5.89 Å². The Bertz CT molecular complexity index is 1040. The van der Waals surface area contributed by atoms with Crippen LogP contribution >= 0.6 is 0 Å². The minimum atomic E-state index is -0.696. The molecule has 1 aromatic heterocycles. The highest BCUT2D eigenvalue weighted by atomic mass is 16.5. The molecular formula is C26H29NO4. The molecule has 1 aliphatic carbocycles. The summed E-state index contributed by atoms with van der Waals surface area (Å²) in [6.07, 6.45) is 4.22. The lowest BCUT2D eigenvalue weighted by molar-refractivity contribution is -0.142. The molecule has 2 unspecified atom stereocenters. The van der Waals surface area contributed by atoms with E-state index >= 15 is 0 Å². The summed E-state index contributed by atoms with van der Waals surface area (Å²) in [7, 11) is 0. The SMILES string of the molecule is CCC(C(=O)O)C1CCCc2cc(OCCc3oc(-c4ccccc4)nc3C)ccc21. The molecule has 2 aromatic carbocycles. The van der Waals surface area contributed by atoms with Gasteiger partial charge < -0.3 is 14.3 Å². The highest BCUT2D eigenvalue weighted by Gasteiger charge is 2.31.